The molecule has 0 radical (unpaired) electrons. The fraction of sp³-hybridized carbons (Fsp3) is 0.320. The molecule has 0 aliphatic carbocycles. The summed E-state index contributed by atoms with van der Waals surface area (Å²) in [5, 5.41) is 34.0. The normalized spacial score (nSPS) is 13.9. The monoisotopic (exact) mass is 1740 g/mol. The molecular weight excluding hydrogens is 1640 g/mol. The van der Waals surface area contributed by atoms with Gasteiger partial charge in [0.1, 0.15) is 50.6 Å². The number of urea groups is 4. The molecule has 0 spiro atoms. The van der Waals surface area contributed by atoms with E-state index in [1.807, 2.05) is 0 Å². The number of benzene rings is 6. The second kappa shape index (κ2) is 58.4. The molecule has 45 heteroatoms. The summed E-state index contributed by atoms with van der Waals surface area (Å²) >= 11 is 4.92. The molecule has 0 saturated carbocycles. The topological polar surface area (TPSA) is 475 Å². The van der Waals surface area contributed by atoms with E-state index in [2.05, 4.69) is 66.9 Å². The van der Waals surface area contributed by atoms with Gasteiger partial charge in [0.15, 0.2) is 52.3 Å². The number of carbonyl (C=O) groups is 9. The average molecular weight is 1740 g/mol. The molecule has 3 heterocycles. The molecule has 0 aromatic heterocycles. The molecule has 6 aromatic carbocycles. The van der Waals surface area contributed by atoms with Crippen LogP contribution in [-0.4, -0.2) is 172 Å². The second-order valence-corrected chi connectivity index (χ2v) is 22.3. The number of ketones is 1. The van der Waals surface area contributed by atoms with Gasteiger partial charge in [0, 0.05) is 104 Å². The number of primary amides is 2. The summed E-state index contributed by atoms with van der Waals surface area (Å²) in [6.45, 7) is -0.0978. The number of nitrogens with two attached hydrogens (primary N) is 2. The molecule has 3 unspecified atom stereocenters. The minimum absolute atomic E-state index is 0. The molecule has 0 fully saturated rings. The zero-order valence-corrected chi connectivity index (χ0v) is 62.3. The Morgan fingerprint density at radius 2 is 0.825 bits per heavy atom. The highest BCUT2D eigenvalue weighted by atomic mass is 35.5. The minimum atomic E-state index is -1.28. The summed E-state index contributed by atoms with van der Waals surface area (Å²) in [7, 11) is 10.9. The zero-order valence-electron chi connectivity index (χ0n) is 61.5. The van der Waals surface area contributed by atoms with Gasteiger partial charge in [0.25, 0.3) is 11.4 Å². The van der Waals surface area contributed by atoms with Crippen molar-refractivity contribution in [2.75, 3.05) is 103 Å². The van der Waals surface area contributed by atoms with Gasteiger partial charge in [-0.25, -0.2) is 98.1 Å². The Morgan fingerprint density at radius 3 is 1.16 bits per heavy atom. The smallest absolute Gasteiger partial charge is 0.424 e. The first kappa shape index (κ1) is 112. The quantitative estimate of drug-likeness (QED) is 0.00368. The van der Waals surface area contributed by atoms with Crippen molar-refractivity contribution in [2.24, 2.45) is 11.5 Å². The summed E-state index contributed by atoms with van der Waals surface area (Å²) < 4.78 is 139. The lowest BCUT2D eigenvalue weighted by atomic mass is 9.94. The van der Waals surface area contributed by atoms with E-state index in [1.54, 1.807) is 0 Å². The number of nitrogens with one attached hydrogen (secondary N) is 5. The van der Waals surface area contributed by atoms with Crippen molar-refractivity contribution < 1.29 is 151 Å². The van der Waals surface area contributed by atoms with Crippen LogP contribution in [0.2, 0.25) is 0 Å². The summed E-state index contributed by atoms with van der Waals surface area (Å²) in [6, 6.07) is 17.0. The van der Waals surface area contributed by atoms with E-state index in [0.29, 0.717) is 44.9 Å². The molecule has 36 nitrogen and oxygen atoms in total. The van der Waals surface area contributed by atoms with Crippen molar-refractivity contribution in [3.63, 3.8) is 0 Å². The third kappa shape index (κ3) is 37.4. The van der Waals surface area contributed by atoms with Gasteiger partial charge < -0.3 is 71.2 Å². The number of esters is 1. The Labute approximate surface area is 688 Å². The van der Waals surface area contributed by atoms with Gasteiger partial charge in [-0.05, 0) is 95.6 Å². The van der Waals surface area contributed by atoms with Gasteiger partial charge in [-0.3, -0.25) is 34.6 Å². The lowest BCUT2D eigenvalue weighted by molar-refractivity contribution is -0.385. The Balaban J connectivity index is -0.00000141. The minimum Gasteiger partial charge on any atom is -0.469 e. The highest BCUT2D eigenvalue weighted by molar-refractivity contribution is 6.61. The van der Waals surface area contributed by atoms with Crippen LogP contribution >= 0.6 is 11.6 Å². The summed E-state index contributed by atoms with van der Waals surface area (Å²) in [5.41, 5.74) is 10.8. The number of amides is 9. The van der Waals surface area contributed by atoms with Gasteiger partial charge in [-0.15, -0.1) is 0 Å². The van der Waals surface area contributed by atoms with E-state index in [1.165, 1.54) is 118 Å². The number of ether oxygens (including phenoxy) is 7. The van der Waals surface area contributed by atoms with Crippen molar-refractivity contribution in [3.8, 4) is 11.5 Å². The molecule has 9 N–H and O–H groups in total. The number of carbonyl (C=O) groups excluding carboxylic acids is 9. The molecular formula is C75H93ClF8N10O26. The van der Waals surface area contributed by atoms with Gasteiger partial charge in [0.2, 0.25) is 0 Å². The largest absolute Gasteiger partial charge is 0.469 e. The van der Waals surface area contributed by atoms with Gasteiger partial charge in [0.05, 0.1) is 76.2 Å². The summed E-state index contributed by atoms with van der Waals surface area (Å²) in [4.78, 5) is 149. The van der Waals surface area contributed by atoms with Crippen molar-refractivity contribution in [3.05, 3.63) is 244 Å². The lowest BCUT2D eigenvalue weighted by Gasteiger charge is -2.36. The molecule has 0 bridgehead atoms. The van der Waals surface area contributed by atoms with Crippen LogP contribution in [0.3, 0.4) is 0 Å². The molecule has 9 rings (SSSR count). The van der Waals surface area contributed by atoms with E-state index in [4.69, 9.17) is 50.0 Å². The Bertz CT molecular complexity index is 4360. The van der Waals surface area contributed by atoms with Gasteiger partial charge in [-0.2, -0.15) is 0 Å². The van der Waals surface area contributed by atoms with Crippen molar-refractivity contribution in [1.82, 2.24) is 31.5 Å². The van der Waals surface area contributed by atoms with E-state index >= 15 is 0 Å². The number of Topliss-reactive ketones (excluding diaryl/α,β-unsaturated/α-hetero) is 1. The first-order valence-electron chi connectivity index (χ1n) is 32.0. The van der Waals surface area contributed by atoms with Crippen molar-refractivity contribution >= 4 is 76.7 Å². The number of nitro groups is 2. The molecule has 3 aliphatic heterocycles. The van der Waals surface area contributed by atoms with Crippen LogP contribution in [-0.2, 0) is 62.6 Å². The Kier molecular flexibility index (Phi) is 54.3. The van der Waals surface area contributed by atoms with E-state index < -0.39 is 116 Å². The Hall–Kier alpha value is -12.5. The number of imide groups is 1. The van der Waals surface area contributed by atoms with E-state index in [-0.39, 0.29) is 141 Å². The summed E-state index contributed by atoms with van der Waals surface area (Å²) in [6.07, 6.45) is -0.931. The van der Waals surface area contributed by atoms with Crippen molar-refractivity contribution in [2.45, 2.75) is 61.7 Å². The molecule has 662 valence electrons. The fourth-order valence-corrected chi connectivity index (χ4v) is 9.50. The number of nitro benzene ring substituents is 2. The maximum absolute atomic E-state index is 14.1. The third-order valence-corrected chi connectivity index (χ3v) is 14.4. The number of aldehydes is 1. The average Bonchev–Trinajstić information content (AvgIpc) is 0.767. The van der Waals surface area contributed by atoms with E-state index in [9.17, 15) is 93.7 Å². The molecule has 3 aliphatic rings. The van der Waals surface area contributed by atoms with Crippen LogP contribution in [0.15, 0.2) is 155 Å². The molecule has 0 saturated heterocycles. The third-order valence-electron chi connectivity index (χ3n) is 14.3. The number of halogens is 9. The number of rotatable bonds is 27. The van der Waals surface area contributed by atoms with Crippen LogP contribution in [0.1, 0.15) is 88.7 Å². The zero-order chi connectivity index (χ0) is 86.0. The van der Waals surface area contributed by atoms with Crippen LogP contribution < -0.4 is 47.5 Å². The fourth-order valence-electron chi connectivity index (χ4n) is 9.41. The van der Waals surface area contributed by atoms with Crippen LogP contribution in [0.4, 0.5) is 75.3 Å². The maximum Gasteiger partial charge on any atom is 0.424 e. The molecule has 6 aromatic rings. The Morgan fingerprint density at radius 1 is 0.475 bits per heavy atom. The number of hydrogen-bond donors (Lipinski definition) is 7. The predicted molar refractivity (Wildman–Crippen MR) is 413 cm³/mol. The number of nitrogens with zero attached hydrogens (tertiary/aromatic N) is 3. The molecule has 9 amide bonds. The standard InChI is InChI=1S/C21H19F2N3O8.2C14H16F2N2O4.C7H4ClNO4.C7H4F2O.C6H10O4.CH4N2O.5CH4/c1-31-11-18-15(10-33-32-2)19(12-3-8-16(22)17(23)9-12)25(20(27)24-18)21(28)34-14-6-4-13(5-7-14)26(29)30;2*1-20-7-12-9(6-22-21-2)13(18-14(19)17-12)8-3-4-10(15)11(16)5-8;8-7(10)13-6-3-1-5(2-4-6)9(11)12;8-6-2-1-5(4-10)3-7(6)9;1-9-4-5(7)3-6(8)10-2;2-1(3)4;;;;;/h3-9,19H,10-11H2,1-2H3,(H,24,27);2*3-5,13H,6-7H2,1-2H3,(H2,17,18,19);1-4H;1-4H;3-4H2,1-2H3;(H4,2,3,4);5*1H4. The van der Waals surface area contributed by atoms with E-state index in [0.717, 1.165) is 60.7 Å². The highest BCUT2D eigenvalue weighted by Gasteiger charge is 2.42. The van der Waals surface area contributed by atoms with Crippen LogP contribution in [0.5, 0.6) is 11.5 Å². The molecule has 120 heavy (non-hydrogen) atoms. The first-order chi connectivity index (χ1) is 54.6. The lowest BCUT2D eigenvalue weighted by Crippen LogP contribution is -2.52. The van der Waals surface area contributed by atoms with Gasteiger partial charge in [-0.1, -0.05) is 55.3 Å². The predicted octanol–water partition coefficient (Wildman–Crippen LogP) is 13.3. The van der Waals surface area contributed by atoms with Gasteiger partial charge >= 0.3 is 41.6 Å². The number of non-ortho nitro benzene ring substituents is 2. The van der Waals surface area contributed by atoms with Crippen molar-refractivity contribution in [1.29, 1.82) is 0 Å². The second-order valence-electron chi connectivity index (χ2n) is 22.0. The van der Waals surface area contributed by atoms with Crippen LogP contribution in [0.25, 0.3) is 0 Å². The highest BCUT2D eigenvalue weighted by Crippen LogP contribution is 2.37. The SMILES string of the molecule is C.C.C.C.C.COCC(=O)CC(=O)OC.COCC1=C(COOC)C(c2ccc(F)c(F)c2)N(C(=O)Oc2ccc([N+](=O)[O-])cc2)C(=O)N1.COCC1=C(COOC)C(c2ccc(F)c(F)c2)NC(=O)N1.COCC1=C(COOC)C(c2ccc(F)c(F)c2)NC(=O)N1.NC(N)=O.O=C(Cl)Oc1ccc([N+](=O)[O-])cc1.O=Cc1ccc(F)c(F)c1. The van der Waals surface area contributed by atoms with Crippen LogP contribution in [0, 0.1) is 66.8 Å². The number of methoxy groups -OCH3 is 5. The summed E-state index contributed by atoms with van der Waals surface area (Å²) in [5.74, 6) is -8.88. The first-order valence-corrected chi connectivity index (χ1v) is 32.3. The number of hydrogen-bond acceptors (Lipinski definition) is 26. The molecule has 3 atom stereocenters. The maximum atomic E-state index is 14.1.